The quantitative estimate of drug-likeness (QED) is 0.770. The van der Waals surface area contributed by atoms with E-state index in [9.17, 15) is 9.59 Å². The highest BCUT2D eigenvalue weighted by Gasteiger charge is 2.26. The van der Waals surface area contributed by atoms with Crippen molar-refractivity contribution in [3.8, 4) is 0 Å². The lowest BCUT2D eigenvalue weighted by molar-refractivity contribution is -0.144. The van der Waals surface area contributed by atoms with Crippen LogP contribution < -0.4 is 5.32 Å². The summed E-state index contributed by atoms with van der Waals surface area (Å²) >= 11 is 0. The smallest absolute Gasteiger partial charge is 0.313 e. The summed E-state index contributed by atoms with van der Waals surface area (Å²) in [5.74, 6) is -0.658. The zero-order valence-corrected chi connectivity index (χ0v) is 11.8. The Morgan fingerprint density at radius 2 is 2.29 bits per heavy atom. The van der Waals surface area contributed by atoms with Crippen molar-refractivity contribution in [1.29, 1.82) is 0 Å². The fraction of sp³-hybridized carbons (Fsp3) is 0.429. The van der Waals surface area contributed by atoms with Gasteiger partial charge in [0.1, 0.15) is 0 Å². The van der Waals surface area contributed by atoms with Gasteiger partial charge in [-0.3, -0.25) is 9.59 Å². The minimum atomic E-state index is -0.621. The summed E-state index contributed by atoms with van der Waals surface area (Å²) in [5, 5.41) is 2.60. The number of nitrogens with one attached hydrogen (secondary N) is 2. The molecule has 7 heteroatoms. The lowest BCUT2D eigenvalue weighted by Crippen LogP contribution is -2.44. The van der Waals surface area contributed by atoms with Crippen LogP contribution in [-0.2, 0) is 9.59 Å². The average Bonchev–Trinajstić information content (AvgIpc) is 2.94. The molecule has 0 spiro atoms. The van der Waals surface area contributed by atoms with Gasteiger partial charge in [-0.1, -0.05) is 6.92 Å². The van der Waals surface area contributed by atoms with Crippen LogP contribution in [0.4, 0.5) is 5.69 Å². The number of anilines is 1. The number of hydrogen-bond donors (Lipinski definition) is 2. The zero-order valence-electron chi connectivity index (χ0n) is 11.8. The summed E-state index contributed by atoms with van der Waals surface area (Å²) < 4.78 is 0. The number of hydrogen-bond acceptors (Lipinski definition) is 4. The summed E-state index contributed by atoms with van der Waals surface area (Å²) in [7, 11) is 0. The number of piperidine rings is 1. The first-order chi connectivity index (χ1) is 10.1. The van der Waals surface area contributed by atoms with Crippen molar-refractivity contribution in [2.75, 3.05) is 18.4 Å². The highest BCUT2D eigenvalue weighted by molar-refractivity contribution is 6.39. The third kappa shape index (κ3) is 2.86. The van der Waals surface area contributed by atoms with Gasteiger partial charge in [0.25, 0.3) is 0 Å². The second-order valence-corrected chi connectivity index (χ2v) is 5.45. The molecule has 1 atom stereocenters. The molecule has 110 valence electrons. The maximum absolute atomic E-state index is 12.1. The van der Waals surface area contributed by atoms with E-state index in [1.54, 1.807) is 11.0 Å². The Hall–Kier alpha value is -2.44. The summed E-state index contributed by atoms with van der Waals surface area (Å²) in [6.45, 7) is 3.38. The van der Waals surface area contributed by atoms with Gasteiger partial charge in [0.15, 0.2) is 5.65 Å². The SMILES string of the molecule is CC1CCCN(C(=O)C(=O)Nc2cnc3nc[nH]c3c2)C1. The standard InChI is InChI=1S/C14H17N5O2/c1-9-3-2-4-19(7-9)14(21)13(20)18-10-5-11-12(15-6-10)17-8-16-11/h5-6,8-9H,2-4,7H2,1H3,(H,18,20)(H,15,16,17). The molecule has 0 bridgehead atoms. The topological polar surface area (TPSA) is 91.0 Å². The number of carbonyl (C=O) groups excluding carboxylic acids is 2. The van der Waals surface area contributed by atoms with Crippen LogP contribution in [0.3, 0.4) is 0 Å². The number of aromatic amines is 1. The molecule has 1 unspecified atom stereocenters. The van der Waals surface area contributed by atoms with E-state index in [4.69, 9.17) is 0 Å². The molecule has 1 saturated heterocycles. The molecule has 0 aromatic carbocycles. The predicted molar refractivity (Wildman–Crippen MR) is 77.5 cm³/mol. The van der Waals surface area contributed by atoms with Crippen molar-refractivity contribution in [3.63, 3.8) is 0 Å². The Kier molecular flexibility index (Phi) is 3.55. The van der Waals surface area contributed by atoms with Crippen molar-refractivity contribution >= 4 is 28.7 Å². The fourth-order valence-electron chi connectivity index (χ4n) is 2.60. The molecule has 7 nitrogen and oxygen atoms in total. The molecule has 0 saturated carbocycles. The number of rotatable bonds is 1. The van der Waals surface area contributed by atoms with E-state index in [0.29, 0.717) is 35.9 Å². The van der Waals surface area contributed by atoms with Crippen LogP contribution in [0.15, 0.2) is 18.6 Å². The molecular weight excluding hydrogens is 270 g/mol. The Balaban J connectivity index is 1.68. The van der Waals surface area contributed by atoms with Crippen LogP contribution in [0.25, 0.3) is 11.2 Å². The monoisotopic (exact) mass is 287 g/mol. The minimum Gasteiger partial charge on any atom is -0.343 e. The van der Waals surface area contributed by atoms with E-state index in [1.807, 2.05) is 0 Å². The maximum Gasteiger partial charge on any atom is 0.313 e. The molecule has 2 N–H and O–H groups in total. The molecule has 3 rings (SSSR count). The fourth-order valence-corrected chi connectivity index (χ4v) is 2.60. The molecule has 1 fully saturated rings. The van der Waals surface area contributed by atoms with Gasteiger partial charge in [0, 0.05) is 13.1 Å². The summed E-state index contributed by atoms with van der Waals surface area (Å²) in [4.78, 5) is 36.8. The van der Waals surface area contributed by atoms with Gasteiger partial charge in [0.05, 0.1) is 23.7 Å². The van der Waals surface area contributed by atoms with Crippen LogP contribution >= 0.6 is 0 Å². The largest absolute Gasteiger partial charge is 0.343 e. The Labute approximate surface area is 121 Å². The van der Waals surface area contributed by atoms with E-state index in [0.717, 1.165) is 12.8 Å². The first kappa shape index (κ1) is 13.5. The lowest BCUT2D eigenvalue weighted by atomic mass is 10.0. The van der Waals surface area contributed by atoms with E-state index < -0.39 is 11.8 Å². The normalized spacial score (nSPS) is 18.7. The molecule has 1 aliphatic heterocycles. The van der Waals surface area contributed by atoms with Crippen LogP contribution in [0.5, 0.6) is 0 Å². The van der Waals surface area contributed by atoms with Gasteiger partial charge in [-0.25, -0.2) is 9.97 Å². The highest BCUT2D eigenvalue weighted by atomic mass is 16.2. The molecule has 0 aliphatic carbocycles. The molecule has 3 heterocycles. The van der Waals surface area contributed by atoms with Crippen molar-refractivity contribution in [2.45, 2.75) is 19.8 Å². The molecule has 21 heavy (non-hydrogen) atoms. The van der Waals surface area contributed by atoms with Gasteiger partial charge >= 0.3 is 11.8 Å². The third-order valence-electron chi connectivity index (χ3n) is 3.67. The third-order valence-corrected chi connectivity index (χ3v) is 3.67. The first-order valence-corrected chi connectivity index (χ1v) is 7.03. The van der Waals surface area contributed by atoms with Gasteiger partial charge in [-0.15, -0.1) is 0 Å². The van der Waals surface area contributed by atoms with Crippen molar-refractivity contribution < 1.29 is 9.59 Å². The van der Waals surface area contributed by atoms with Gasteiger partial charge < -0.3 is 15.2 Å². The number of fused-ring (bicyclic) bond motifs is 1. The summed E-state index contributed by atoms with van der Waals surface area (Å²) in [6, 6.07) is 1.71. The Bertz CT molecular complexity index is 681. The van der Waals surface area contributed by atoms with Gasteiger partial charge in [-0.05, 0) is 24.8 Å². The maximum atomic E-state index is 12.1. The second kappa shape index (κ2) is 5.51. The Morgan fingerprint density at radius 3 is 3.10 bits per heavy atom. The average molecular weight is 287 g/mol. The first-order valence-electron chi connectivity index (χ1n) is 7.03. The molecular formula is C14H17N5O2. The van der Waals surface area contributed by atoms with E-state index in [2.05, 4.69) is 27.2 Å². The molecule has 1 aliphatic rings. The number of H-pyrrole nitrogens is 1. The van der Waals surface area contributed by atoms with Crippen LogP contribution in [-0.4, -0.2) is 44.8 Å². The van der Waals surface area contributed by atoms with E-state index in [1.165, 1.54) is 12.5 Å². The second-order valence-electron chi connectivity index (χ2n) is 5.45. The number of amides is 2. The molecule has 2 aromatic rings. The molecule has 2 aromatic heterocycles. The van der Waals surface area contributed by atoms with Gasteiger partial charge in [-0.2, -0.15) is 0 Å². The summed E-state index contributed by atoms with van der Waals surface area (Å²) in [6.07, 6.45) is 5.07. The van der Waals surface area contributed by atoms with Gasteiger partial charge in [0.2, 0.25) is 0 Å². The van der Waals surface area contributed by atoms with Crippen molar-refractivity contribution in [3.05, 3.63) is 18.6 Å². The number of carbonyl (C=O) groups is 2. The number of pyridine rings is 1. The minimum absolute atomic E-state index is 0.443. The van der Waals surface area contributed by atoms with Crippen LogP contribution in [0.1, 0.15) is 19.8 Å². The predicted octanol–water partition coefficient (Wildman–Crippen LogP) is 1.15. The highest BCUT2D eigenvalue weighted by Crippen LogP contribution is 2.16. The zero-order chi connectivity index (χ0) is 14.8. The summed E-state index contributed by atoms with van der Waals surface area (Å²) in [5.41, 5.74) is 1.77. The molecule has 0 radical (unpaired) electrons. The number of aromatic nitrogens is 3. The van der Waals surface area contributed by atoms with E-state index in [-0.39, 0.29) is 0 Å². The number of likely N-dealkylation sites (tertiary alicyclic amines) is 1. The van der Waals surface area contributed by atoms with Crippen molar-refractivity contribution in [1.82, 2.24) is 19.9 Å². The van der Waals surface area contributed by atoms with E-state index >= 15 is 0 Å². The van der Waals surface area contributed by atoms with Crippen molar-refractivity contribution in [2.24, 2.45) is 5.92 Å². The molecule has 2 amide bonds. The van der Waals surface area contributed by atoms with Crippen LogP contribution in [0.2, 0.25) is 0 Å². The number of imidazole rings is 1. The van der Waals surface area contributed by atoms with Crippen LogP contribution in [0, 0.1) is 5.92 Å². The number of nitrogens with zero attached hydrogens (tertiary/aromatic N) is 3. The lowest BCUT2D eigenvalue weighted by Gasteiger charge is -2.30. The Morgan fingerprint density at radius 1 is 1.43 bits per heavy atom.